The molecule has 0 atom stereocenters. The molecule has 0 saturated heterocycles. The number of thioether (sulfide) groups is 1. The molecule has 0 aromatic carbocycles. The Labute approximate surface area is 56.2 Å². The first kappa shape index (κ1) is 8.31. The molecule has 0 fully saturated rings. The topological polar surface area (TPSA) is 12.0 Å². The monoisotopic (exact) mass is 133 g/mol. The van der Waals surface area contributed by atoms with E-state index in [0.29, 0.717) is 0 Å². The maximum Gasteiger partial charge on any atom is 0.00579 e. The van der Waals surface area contributed by atoms with Gasteiger partial charge < -0.3 is 5.32 Å². The van der Waals surface area contributed by atoms with Crippen LogP contribution >= 0.6 is 11.8 Å². The van der Waals surface area contributed by atoms with Crippen molar-refractivity contribution in [3.63, 3.8) is 0 Å². The van der Waals surface area contributed by atoms with Crippen molar-refractivity contribution in [1.82, 2.24) is 5.32 Å². The molecule has 0 aliphatic heterocycles. The minimum absolute atomic E-state index is 1.10. The lowest BCUT2D eigenvalue weighted by Crippen LogP contribution is -2.15. The predicted octanol–water partition coefficient (Wildman–Crippen LogP) is 1.35. The third-order valence-corrected chi connectivity index (χ3v) is 1.78. The van der Waals surface area contributed by atoms with Crippen LogP contribution in [0.5, 0.6) is 0 Å². The maximum absolute atomic E-state index is 3.26. The highest BCUT2D eigenvalue weighted by Crippen LogP contribution is 1.94. The molecule has 1 nitrogen and oxygen atoms in total. The molecule has 8 heavy (non-hydrogen) atoms. The fourth-order valence-corrected chi connectivity index (χ4v) is 1.04. The largest absolute Gasteiger partial charge is 0.316 e. The number of rotatable bonds is 5. The van der Waals surface area contributed by atoms with Gasteiger partial charge in [-0.05, 0) is 12.3 Å². The second-order valence-corrected chi connectivity index (χ2v) is 2.94. The highest BCUT2D eigenvalue weighted by Gasteiger charge is 1.81. The third kappa shape index (κ3) is 6.31. The average Bonchev–Trinajstić information content (AvgIpc) is 1.81. The molecule has 0 rings (SSSR count). The Kier molecular flexibility index (Phi) is 7.59. The van der Waals surface area contributed by atoms with Crippen molar-refractivity contribution >= 4 is 11.8 Å². The van der Waals surface area contributed by atoms with Crippen molar-refractivity contribution in [3.05, 3.63) is 0 Å². The molecule has 1 N–H and O–H groups in total. The molecule has 0 aliphatic carbocycles. The standard InChI is InChI=1S/C6H15NS/c1-3-7-5-6-8-4-2/h7H,3-6H2,1-2H3. The summed E-state index contributed by atoms with van der Waals surface area (Å²) in [6.07, 6.45) is 0. The molecule has 0 bridgehead atoms. The van der Waals surface area contributed by atoms with Gasteiger partial charge >= 0.3 is 0 Å². The molecular weight excluding hydrogens is 118 g/mol. The van der Waals surface area contributed by atoms with E-state index in [-0.39, 0.29) is 0 Å². The van der Waals surface area contributed by atoms with Gasteiger partial charge in [-0.15, -0.1) is 0 Å². The molecule has 50 valence electrons. The molecule has 0 aromatic heterocycles. The van der Waals surface area contributed by atoms with Crippen LogP contribution in [0, 0.1) is 0 Å². The van der Waals surface area contributed by atoms with Crippen LogP contribution < -0.4 is 5.32 Å². The molecule has 0 aliphatic rings. The van der Waals surface area contributed by atoms with Gasteiger partial charge in [0.1, 0.15) is 0 Å². The van der Waals surface area contributed by atoms with E-state index in [1.54, 1.807) is 0 Å². The molecule has 0 amide bonds. The Hall–Kier alpha value is 0.310. The van der Waals surface area contributed by atoms with Gasteiger partial charge in [-0.1, -0.05) is 13.8 Å². The van der Waals surface area contributed by atoms with Crippen LogP contribution in [0.15, 0.2) is 0 Å². The van der Waals surface area contributed by atoms with Crippen molar-refractivity contribution in [3.8, 4) is 0 Å². The Balaban J connectivity index is 2.53. The molecule has 0 unspecified atom stereocenters. The lowest BCUT2D eigenvalue weighted by Gasteiger charge is -1.97. The van der Waals surface area contributed by atoms with E-state index in [1.165, 1.54) is 11.5 Å². The van der Waals surface area contributed by atoms with Crippen LogP contribution in [-0.2, 0) is 0 Å². The highest BCUT2D eigenvalue weighted by atomic mass is 32.2. The zero-order chi connectivity index (χ0) is 6.24. The van der Waals surface area contributed by atoms with Crippen LogP contribution in [0.4, 0.5) is 0 Å². The first-order valence-corrected chi connectivity index (χ1v) is 4.35. The summed E-state index contributed by atoms with van der Waals surface area (Å²) in [7, 11) is 0. The molecule has 0 aromatic rings. The van der Waals surface area contributed by atoms with Gasteiger partial charge in [0.15, 0.2) is 0 Å². The van der Waals surface area contributed by atoms with Gasteiger partial charge in [0.25, 0.3) is 0 Å². The van der Waals surface area contributed by atoms with Crippen molar-refractivity contribution in [1.29, 1.82) is 0 Å². The second-order valence-electron chi connectivity index (χ2n) is 1.55. The van der Waals surface area contributed by atoms with E-state index in [9.17, 15) is 0 Å². The van der Waals surface area contributed by atoms with E-state index >= 15 is 0 Å². The Morgan fingerprint density at radius 1 is 1.38 bits per heavy atom. The minimum atomic E-state index is 1.10. The molecule has 0 saturated carbocycles. The van der Waals surface area contributed by atoms with Crippen molar-refractivity contribution < 1.29 is 0 Å². The first-order valence-electron chi connectivity index (χ1n) is 3.20. The summed E-state index contributed by atoms with van der Waals surface area (Å²) in [5, 5.41) is 3.26. The average molecular weight is 133 g/mol. The summed E-state index contributed by atoms with van der Waals surface area (Å²) in [6, 6.07) is 0. The van der Waals surface area contributed by atoms with E-state index in [4.69, 9.17) is 0 Å². The Morgan fingerprint density at radius 3 is 2.62 bits per heavy atom. The van der Waals surface area contributed by atoms with Gasteiger partial charge in [-0.25, -0.2) is 0 Å². The SMILES string of the molecule is CCNCCSCC. The van der Waals surface area contributed by atoms with E-state index in [0.717, 1.165) is 13.1 Å². The van der Waals surface area contributed by atoms with Gasteiger partial charge in [-0.2, -0.15) is 11.8 Å². The summed E-state index contributed by atoms with van der Waals surface area (Å²) in [5.41, 5.74) is 0. The van der Waals surface area contributed by atoms with Crippen molar-refractivity contribution in [2.45, 2.75) is 13.8 Å². The number of nitrogens with one attached hydrogen (secondary N) is 1. The van der Waals surface area contributed by atoms with Crippen molar-refractivity contribution in [2.24, 2.45) is 0 Å². The van der Waals surface area contributed by atoms with Crippen LogP contribution in [0.25, 0.3) is 0 Å². The molecule has 0 radical (unpaired) electrons. The second kappa shape index (κ2) is 7.31. The first-order chi connectivity index (χ1) is 3.91. The maximum atomic E-state index is 3.26. The van der Waals surface area contributed by atoms with E-state index < -0.39 is 0 Å². The van der Waals surface area contributed by atoms with Gasteiger partial charge in [0, 0.05) is 12.3 Å². The normalized spacial score (nSPS) is 9.75. The van der Waals surface area contributed by atoms with Crippen LogP contribution in [0.3, 0.4) is 0 Å². The van der Waals surface area contributed by atoms with Gasteiger partial charge in [-0.3, -0.25) is 0 Å². The summed E-state index contributed by atoms with van der Waals surface area (Å²) >= 11 is 1.99. The molecule has 0 spiro atoms. The Morgan fingerprint density at radius 2 is 2.12 bits per heavy atom. The van der Waals surface area contributed by atoms with E-state index in [2.05, 4.69) is 19.2 Å². The van der Waals surface area contributed by atoms with Crippen LogP contribution in [0.1, 0.15) is 13.8 Å². The molecule has 2 heteroatoms. The highest BCUT2D eigenvalue weighted by molar-refractivity contribution is 7.99. The summed E-state index contributed by atoms with van der Waals surface area (Å²) in [6.45, 7) is 6.59. The lowest BCUT2D eigenvalue weighted by molar-refractivity contribution is 0.768. The summed E-state index contributed by atoms with van der Waals surface area (Å²) in [5.74, 6) is 2.50. The predicted molar refractivity (Wildman–Crippen MR) is 41.5 cm³/mol. The number of hydrogen-bond donors (Lipinski definition) is 1. The minimum Gasteiger partial charge on any atom is -0.316 e. The molecular formula is C6H15NS. The van der Waals surface area contributed by atoms with Crippen LogP contribution in [0.2, 0.25) is 0 Å². The smallest absolute Gasteiger partial charge is 0.00579 e. The van der Waals surface area contributed by atoms with E-state index in [1.807, 2.05) is 11.8 Å². The quantitative estimate of drug-likeness (QED) is 0.568. The summed E-state index contributed by atoms with van der Waals surface area (Å²) in [4.78, 5) is 0. The zero-order valence-corrected chi connectivity index (χ0v) is 6.55. The molecule has 0 heterocycles. The Bertz CT molecular complexity index is 33.5. The van der Waals surface area contributed by atoms with Gasteiger partial charge in [0.2, 0.25) is 0 Å². The fraction of sp³-hybridized carbons (Fsp3) is 1.00. The lowest BCUT2D eigenvalue weighted by atomic mass is 10.7. The number of hydrogen-bond acceptors (Lipinski definition) is 2. The van der Waals surface area contributed by atoms with Crippen molar-refractivity contribution in [2.75, 3.05) is 24.6 Å². The third-order valence-electron chi connectivity index (χ3n) is 0.877. The van der Waals surface area contributed by atoms with Gasteiger partial charge in [0.05, 0.1) is 0 Å². The zero-order valence-electron chi connectivity index (χ0n) is 5.74. The van der Waals surface area contributed by atoms with Crippen LogP contribution in [-0.4, -0.2) is 24.6 Å². The fourth-order valence-electron chi connectivity index (χ4n) is 0.465. The summed E-state index contributed by atoms with van der Waals surface area (Å²) < 4.78 is 0.